The molecule has 1 aromatic rings. The van der Waals surface area contributed by atoms with Crippen LogP contribution >= 0.6 is 11.8 Å². The molecule has 0 spiro atoms. The minimum Gasteiger partial charge on any atom is -0.330 e. The van der Waals surface area contributed by atoms with Gasteiger partial charge in [-0.3, -0.25) is 0 Å². The number of aromatic nitrogens is 2. The fourth-order valence-electron chi connectivity index (χ4n) is 1.39. The van der Waals surface area contributed by atoms with Crippen molar-refractivity contribution in [3.05, 3.63) is 11.9 Å². The Bertz CT molecular complexity index is 246. The third-order valence-electron chi connectivity index (χ3n) is 1.96. The molecular formula is C8H13N3S. The fourth-order valence-corrected chi connectivity index (χ4v) is 2.34. The maximum absolute atomic E-state index is 5.46. The van der Waals surface area contributed by atoms with Crippen LogP contribution in [0.3, 0.4) is 0 Å². The van der Waals surface area contributed by atoms with Crippen LogP contribution in [0.1, 0.15) is 12.1 Å². The summed E-state index contributed by atoms with van der Waals surface area (Å²) in [6.45, 7) is 1.82. The SMILES string of the molecule is NCCc1cn2c(n1)SCCC2. The summed E-state index contributed by atoms with van der Waals surface area (Å²) < 4.78 is 2.24. The number of rotatable bonds is 2. The molecule has 1 aliphatic heterocycles. The second-order valence-corrected chi connectivity index (χ2v) is 4.01. The zero-order chi connectivity index (χ0) is 8.39. The lowest BCUT2D eigenvalue weighted by Gasteiger charge is -2.11. The smallest absolute Gasteiger partial charge is 0.168 e. The summed E-state index contributed by atoms with van der Waals surface area (Å²) in [5.74, 6) is 1.21. The Labute approximate surface area is 76.4 Å². The summed E-state index contributed by atoms with van der Waals surface area (Å²) in [7, 11) is 0. The van der Waals surface area contributed by atoms with Gasteiger partial charge < -0.3 is 10.3 Å². The van der Waals surface area contributed by atoms with Crippen LogP contribution in [-0.4, -0.2) is 21.8 Å². The molecule has 4 heteroatoms. The van der Waals surface area contributed by atoms with Crippen LogP contribution in [0.25, 0.3) is 0 Å². The molecule has 0 aromatic carbocycles. The van der Waals surface area contributed by atoms with E-state index in [1.54, 1.807) is 0 Å². The fraction of sp³-hybridized carbons (Fsp3) is 0.625. The monoisotopic (exact) mass is 183 g/mol. The molecule has 0 fully saturated rings. The van der Waals surface area contributed by atoms with Crippen molar-refractivity contribution < 1.29 is 0 Å². The standard InChI is InChI=1S/C8H13N3S/c9-3-2-7-6-11-4-1-5-12-8(11)10-7/h6H,1-5,9H2. The third-order valence-corrected chi connectivity index (χ3v) is 3.04. The van der Waals surface area contributed by atoms with Crippen LogP contribution < -0.4 is 5.73 Å². The molecule has 2 rings (SSSR count). The minimum absolute atomic E-state index is 0.696. The van der Waals surface area contributed by atoms with Gasteiger partial charge in [0.15, 0.2) is 5.16 Å². The van der Waals surface area contributed by atoms with E-state index in [0.29, 0.717) is 6.54 Å². The van der Waals surface area contributed by atoms with Gasteiger partial charge in [-0.05, 0) is 13.0 Å². The Balaban J connectivity index is 2.20. The molecule has 1 aromatic heterocycles. The zero-order valence-electron chi connectivity index (χ0n) is 6.99. The Morgan fingerprint density at radius 2 is 2.58 bits per heavy atom. The lowest BCUT2D eigenvalue weighted by Crippen LogP contribution is -2.05. The zero-order valence-corrected chi connectivity index (χ0v) is 7.81. The molecule has 0 amide bonds. The molecule has 0 atom stereocenters. The molecule has 0 aliphatic carbocycles. The van der Waals surface area contributed by atoms with E-state index in [0.717, 1.165) is 18.7 Å². The van der Waals surface area contributed by atoms with Crippen molar-refractivity contribution >= 4 is 11.8 Å². The van der Waals surface area contributed by atoms with E-state index < -0.39 is 0 Å². The summed E-state index contributed by atoms with van der Waals surface area (Å²) in [5, 5.41) is 1.17. The van der Waals surface area contributed by atoms with Crippen LogP contribution in [0.4, 0.5) is 0 Å². The van der Waals surface area contributed by atoms with Crippen molar-refractivity contribution in [2.45, 2.75) is 24.5 Å². The highest BCUT2D eigenvalue weighted by molar-refractivity contribution is 7.99. The van der Waals surface area contributed by atoms with Gasteiger partial charge in [0.2, 0.25) is 0 Å². The van der Waals surface area contributed by atoms with E-state index in [9.17, 15) is 0 Å². The van der Waals surface area contributed by atoms with E-state index in [2.05, 4.69) is 15.7 Å². The van der Waals surface area contributed by atoms with E-state index in [1.807, 2.05) is 11.8 Å². The second-order valence-electron chi connectivity index (χ2n) is 2.95. The molecule has 66 valence electrons. The quantitative estimate of drug-likeness (QED) is 0.740. The Morgan fingerprint density at radius 1 is 1.67 bits per heavy atom. The molecule has 3 nitrogen and oxygen atoms in total. The summed E-state index contributed by atoms with van der Waals surface area (Å²) in [6, 6.07) is 0. The molecule has 2 heterocycles. The predicted molar refractivity (Wildman–Crippen MR) is 50.3 cm³/mol. The van der Waals surface area contributed by atoms with Crippen molar-refractivity contribution in [3.8, 4) is 0 Å². The lowest BCUT2D eigenvalue weighted by atomic mass is 10.3. The highest BCUT2D eigenvalue weighted by Crippen LogP contribution is 2.23. The predicted octanol–water partition coefficient (Wildman–Crippen LogP) is 0.880. The first kappa shape index (κ1) is 8.13. The van der Waals surface area contributed by atoms with Gasteiger partial charge in [0, 0.05) is 24.9 Å². The first-order valence-electron chi connectivity index (χ1n) is 4.29. The summed E-state index contributed by atoms with van der Waals surface area (Å²) in [5.41, 5.74) is 6.60. The number of hydrogen-bond donors (Lipinski definition) is 1. The van der Waals surface area contributed by atoms with Crippen LogP contribution in [0.15, 0.2) is 11.4 Å². The molecule has 0 saturated carbocycles. The second kappa shape index (κ2) is 3.49. The van der Waals surface area contributed by atoms with Gasteiger partial charge in [0.25, 0.3) is 0 Å². The lowest BCUT2D eigenvalue weighted by molar-refractivity contribution is 0.607. The number of nitrogens with zero attached hydrogens (tertiary/aromatic N) is 2. The summed E-state index contributed by atoms with van der Waals surface area (Å²) in [4.78, 5) is 4.49. The largest absolute Gasteiger partial charge is 0.330 e. The van der Waals surface area contributed by atoms with Crippen molar-refractivity contribution in [3.63, 3.8) is 0 Å². The van der Waals surface area contributed by atoms with Gasteiger partial charge in [0.05, 0.1) is 5.69 Å². The first-order valence-corrected chi connectivity index (χ1v) is 5.27. The van der Waals surface area contributed by atoms with Gasteiger partial charge in [0.1, 0.15) is 0 Å². The van der Waals surface area contributed by atoms with E-state index >= 15 is 0 Å². The average Bonchev–Trinajstić information content (AvgIpc) is 2.47. The van der Waals surface area contributed by atoms with Crippen LogP contribution in [-0.2, 0) is 13.0 Å². The summed E-state index contributed by atoms with van der Waals surface area (Å²) in [6.07, 6.45) is 4.30. The van der Waals surface area contributed by atoms with Crippen molar-refractivity contribution in [1.29, 1.82) is 0 Å². The van der Waals surface area contributed by atoms with Crippen molar-refractivity contribution in [2.24, 2.45) is 5.73 Å². The summed E-state index contributed by atoms with van der Waals surface area (Å²) >= 11 is 1.85. The van der Waals surface area contributed by atoms with Crippen LogP contribution in [0.2, 0.25) is 0 Å². The number of nitrogens with two attached hydrogens (primary N) is 1. The van der Waals surface area contributed by atoms with Gasteiger partial charge in [-0.1, -0.05) is 11.8 Å². The number of imidazole rings is 1. The Morgan fingerprint density at radius 3 is 3.33 bits per heavy atom. The van der Waals surface area contributed by atoms with Gasteiger partial charge in [-0.25, -0.2) is 4.98 Å². The molecular weight excluding hydrogens is 170 g/mol. The highest BCUT2D eigenvalue weighted by Gasteiger charge is 2.11. The molecule has 12 heavy (non-hydrogen) atoms. The van der Waals surface area contributed by atoms with E-state index in [-0.39, 0.29) is 0 Å². The maximum Gasteiger partial charge on any atom is 0.168 e. The molecule has 2 N–H and O–H groups in total. The molecule has 0 bridgehead atoms. The molecule has 0 saturated heterocycles. The maximum atomic E-state index is 5.46. The van der Waals surface area contributed by atoms with Crippen molar-refractivity contribution in [1.82, 2.24) is 9.55 Å². The Kier molecular flexibility index (Phi) is 2.37. The van der Waals surface area contributed by atoms with E-state index in [4.69, 9.17) is 5.73 Å². The number of aryl methyl sites for hydroxylation is 1. The van der Waals surface area contributed by atoms with Crippen molar-refractivity contribution in [2.75, 3.05) is 12.3 Å². The molecule has 0 radical (unpaired) electrons. The van der Waals surface area contributed by atoms with E-state index in [1.165, 1.54) is 17.3 Å². The average molecular weight is 183 g/mol. The molecule has 0 unspecified atom stereocenters. The topological polar surface area (TPSA) is 43.8 Å². The molecule has 1 aliphatic rings. The highest BCUT2D eigenvalue weighted by atomic mass is 32.2. The number of fused-ring (bicyclic) bond motifs is 1. The number of hydrogen-bond acceptors (Lipinski definition) is 3. The van der Waals surface area contributed by atoms with Gasteiger partial charge in [-0.15, -0.1) is 0 Å². The number of thioether (sulfide) groups is 1. The van der Waals surface area contributed by atoms with Gasteiger partial charge in [-0.2, -0.15) is 0 Å². The normalized spacial score (nSPS) is 16.1. The minimum atomic E-state index is 0.696. The van der Waals surface area contributed by atoms with Crippen LogP contribution in [0.5, 0.6) is 0 Å². The Hall–Kier alpha value is -0.480. The third kappa shape index (κ3) is 1.49. The van der Waals surface area contributed by atoms with Gasteiger partial charge >= 0.3 is 0 Å². The first-order chi connectivity index (χ1) is 5.90. The van der Waals surface area contributed by atoms with Crippen LogP contribution in [0, 0.1) is 0 Å².